The molecule has 0 aliphatic carbocycles. The number of pyridine rings is 3. The Balaban J connectivity index is 0.983. The van der Waals surface area contributed by atoms with E-state index in [4.69, 9.17) is 0 Å². The SMILES string of the molecule is c1cnc2ccc(NCCCN(CCCNc3ccc4ncccc4c3)CCCNc3ccc4ncccc4c3)cc2c1. The lowest BCUT2D eigenvalue weighted by Crippen LogP contribution is -2.30. The number of rotatable bonds is 15. The van der Waals surface area contributed by atoms with Crippen LogP contribution in [0.25, 0.3) is 32.7 Å². The van der Waals surface area contributed by atoms with Gasteiger partial charge < -0.3 is 20.9 Å². The maximum atomic E-state index is 4.43. The number of nitrogens with zero attached hydrogens (tertiary/aromatic N) is 4. The number of nitrogens with one attached hydrogen (secondary N) is 3. The maximum Gasteiger partial charge on any atom is 0.0703 e. The van der Waals surface area contributed by atoms with Crippen LogP contribution in [0.2, 0.25) is 0 Å². The van der Waals surface area contributed by atoms with Crippen LogP contribution in [-0.4, -0.2) is 59.1 Å². The average Bonchev–Trinajstić information content (AvgIpc) is 3.06. The van der Waals surface area contributed by atoms with Crippen molar-refractivity contribution in [3.8, 4) is 0 Å². The number of benzene rings is 3. The topological polar surface area (TPSA) is 78.0 Å². The largest absolute Gasteiger partial charge is 0.385 e. The van der Waals surface area contributed by atoms with E-state index < -0.39 is 0 Å². The van der Waals surface area contributed by atoms with Gasteiger partial charge in [0.25, 0.3) is 0 Å². The minimum Gasteiger partial charge on any atom is -0.385 e. The maximum absolute atomic E-state index is 4.43. The van der Waals surface area contributed by atoms with Crippen molar-refractivity contribution in [3.63, 3.8) is 0 Å². The number of aromatic nitrogens is 3. The molecule has 0 aliphatic heterocycles. The minimum absolute atomic E-state index is 0.940. The lowest BCUT2D eigenvalue weighted by molar-refractivity contribution is 0.271. The quantitative estimate of drug-likeness (QED) is 0.111. The second-order valence-corrected chi connectivity index (χ2v) is 10.9. The molecule has 0 saturated heterocycles. The van der Waals surface area contributed by atoms with Gasteiger partial charge in [-0.05, 0) is 112 Å². The van der Waals surface area contributed by atoms with E-state index >= 15 is 0 Å². The molecule has 7 nitrogen and oxygen atoms in total. The Labute approximate surface area is 253 Å². The molecule has 3 heterocycles. The van der Waals surface area contributed by atoms with Crippen LogP contribution in [0.4, 0.5) is 17.1 Å². The van der Waals surface area contributed by atoms with Gasteiger partial charge in [-0.15, -0.1) is 0 Å². The summed E-state index contributed by atoms with van der Waals surface area (Å²) in [4.78, 5) is 15.9. The Morgan fingerprint density at radius 2 is 0.791 bits per heavy atom. The van der Waals surface area contributed by atoms with Crippen LogP contribution in [0.15, 0.2) is 110 Å². The van der Waals surface area contributed by atoms with Crippen LogP contribution < -0.4 is 16.0 Å². The standard InChI is InChI=1S/C36H39N7/c1-7-28-25-31(10-13-34(28)40-16-1)37-19-4-22-43(23-5-20-38-32-11-14-35-29(26-32)8-2-17-41-35)24-6-21-39-33-12-15-36-30(27-33)9-3-18-42-36/h1-3,7-18,25-27,37-39H,4-6,19-24H2. The van der Waals surface area contributed by atoms with E-state index in [1.54, 1.807) is 0 Å². The van der Waals surface area contributed by atoms with Crippen molar-refractivity contribution >= 4 is 49.8 Å². The van der Waals surface area contributed by atoms with E-state index in [1.165, 1.54) is 16.2 Å². The van der Waals surface area contributed by atoms with Gasteiger partial charge in [0.15, 0.2) is 0 Å². The summed E-state index contributed by atoms with van der Waals surface area (Å²) >= 11 is 0. The Hall–Kier alpha value is -4.75. The zero-order chi connectivity index (χ0) is 29.1. The summed E-state index contributed by atoms with van der Waals surface area (Å²) in [6.45, 7) is 6.00. The monoisotopic (exact) mass is 569 g/mol. The van der Waals surface area contributed by atoms with Crippen LogP contribution in [0.3, 0.4) is 0 Å². The van der Waals surface area contributed by atoms with Gasteiger partial charge in [-0.25, -0.2) is 0 Å². The highest BCUT2D eigenvalue weighted by Crippen LogP contribution is 2.19. The predicted molar refractivity (Wildman–Crippen MR) is 181 cm³/mol. The van der Waals surface area contributed by atoms with Gasteiger partial charge in [-0.1, -0.05) is 18.2 Å². The van der Waals surface area contributed by atoms with Crippen molar-refractivity contribution in [2.45, 2.75) is 19.3 Å². The van der Waals surface area contributed by atoms with E-state index in [2.05, 4.69) is 109 Å². The molecular weight excluding hydrogens is 530 g/mol. The fourth-order valence-corrected chi connectivity index (χ4v) is 5.50. The van der Waals surface area contributed by atoms with Gasteiger partial charge in [0.05, 0.1) is 16.6 Å². The third kappa shape index (κ3) is 7.96. The molecule has 0 amide bonds. The molecule has 0 aliphatic rings. The fraction of sp³-hybridized carbons (Fsp3) is 0.250. The van der Waals surface area contributed by atoms with Gasteiger partial charge in [0.2, 0.25) is 0 Å². The van der Waals surface area contributed by atoms with Gasteiger partial charge in [0, 0.05) is 71.4 Å². The van der Waals surface area contributed by atoms with E-state index in [0.29, 0.717) is 0 Å². The molecule has 0 bridgehead atoms. The van der Waals surface area contributed by atoms with Gasteiger partial charge in [-0.3, -0.25) is 15.0 Å². The molecule has 0 unspecified atom stereocenters. The van der Waals surface area contributed by atoms with Crippen molar-refractivity contribution in [1.82, 2.24) is 19.9 Å². The molecule has 6 aromatic rings. The summed E-state index contributed by atoms with van der Waals surface area (Å²) in [6, 6.07) is 31.5. The second kappa shape index (κ2) is 14.4. The summed E-state index contributed by atoms with van der Waals surface area (Å²) in [5, 5.41) is 14.3. The first-order chi connectivity index (χ1) is 21.3. The second-order valence-electron chi connectivity index (χ2n) is 10.9. The molecule has 0 saturated carbocycles. The Kier molecular flexibility index (Phi) is 9.52. The third-order valence-electron chi connectivity index (χ3n) is 7.75. The normalized spacial score (nSPS) is 11.4. The molecule has 3 aromatic heterocycles. The predicted octanol–water partition coefficient (Wildman–Crippen LogP) is 7.44. The molecule has 0 radical (unpaired) electrons. The summed E-state index contributed by atoms with van der Waals surface area (Å²) in [7, 11) is 0. The Morgan fingerprint density at radius 3 is 1.14 bits per heavy atom. The van der Waals surface area contributed by atoms with Crippen LogP contribution in [0.5, 0.6) is 0 Å². The van der Waals surface area contributed by atoms with Crippen molar-refractivity contribution in [3.05, 3.63) is 110 Å². The molecule has 3 aromatic carbocycles. The number of hydrogen-bond acceptors (Lipinski definition) is 7. The van der Waals surface area contributed by atoms with Crippen LogP contribution in [0.1, 0.15) is 19.3 Å². The van der Waals surface area contributed by atoms with Crippen molar-refractivity contribution in [2.24, 2.45) is 0 Å². The Bertz CT molecular complexity index is 1560. The zero-order valence-electron chi connectivity index (χ0n) is 24.5. The van der Waals surface area contributed by atoms with Crippen LogP contribution in [-0.2, 0) is 0 Å². The number of anilines is 3. The van der Waals surface area contributed by atoms with Crippen LogP contribution in [0, 0.1) is 0 Å². The van der Waals surface area contributed by atoms with Gasteiger partial charge >= 0.3 is 0 Å². The number of fused-ring (bicyclic) bond motifs is 3. The molecule has 3 N–H and O–H groups in total. The third-order valence-corrected chi connectivity index (χ3v) is 7.75. The molecule has 6 rings (SSSR count). The summed E-state index contributed by atoms with van der Waals surface area (Å²) in [5.74, 6) is 0. The van der Waals surface area contributed by atoms with E-state index in [-0.39, 0.29) is 0 Å². The fourth-order valence-electron chi connectivity index (χ4n) is 5.50. The lowest BCUT2D eigenvalue weighted by Gasteiger charge is -2.23. The van der Waals surface area contributed by atoms with E-state index in [0.717, 1.165) is 92.1 Å². The molecule has 7 heteroatoms. The van der Waals surface area contributed by atoms with Gasteiger partial charge in [0.1, 0.15) is 0 Å². The van der Waals surface area contributed by atoms with Gasteiger partial charge in [-0.2, -0.15) is 0 Å². The lowest BCUT2D eigenvalue weighted by atomic mass is 10.2. The minimum atomic E-state index is 0.940. The van der Waals surface area contributed by atoms with Crippen molar-refractivity contribution in [2.75, 3.05) is 55.2 Å². The smallest absolute Gasteiger partial charge is 0.0703 e. The van der Waals surface area contributed by atoms with E-state index in [1.807, 2.05) is 36.8 Å². The summed E-state index contributed by atoms with van der Waals surface area (Å²) in [5.41, 5.74) is 6.54. The summed E-state index contributed by atoms with van der Waals surface area (Å²) < 4.78 is 0. The average molecular weight is 570 g/mol. The van der Waals surface area contributed by atoms with E-state index in [9.17, 15) is 0 Å². The van der Waals surface area contributed by atoms with Crippen molar-refractivity contribution in [1.29, 1.82) is 0 Å². The van der Waals surface area contributed by atoms with Crippen molar-refractivity contribution < 1.29 is 0 Å². The molecule has 218 valence electrons. The first-order valence-electron chi connectivity index (χ1n) is 15.3. The number of hydrogen-bond donors (Lipinski definition) is 3. The molecule has 43 heavy (non-hydrogen) atoms. The molecule has 0 atom stereocenters. The summed E-state index contributed by atoms with van der Waals surface area (Å²) in [6.07, 6.45) is 8.78. The molecular formula is C36H39N7. The molecule has 0 spiro atoms. The first-order valence-corrected chi connectivity index (χ1v) is 15.3. The zero-order valence-corrected chi connectivity index (χ0v) is 24.5. The first kappa shape index (κ1) is 28.4. The highest BCUT2D eigenvalue weighted by Gasteiger charge is 2.06. The van der Waals surface area contributed by atoms with Crippen LogP contribution >= 0.6 is 0 Å². The molecule has 0 fully saturated rings. The Morgan fingerprint density at radius 1 is 0.442 bits per heavy atom. The highest BCUT2D eigenvalue weighted by molar-refractivity contribution is 5.83. The highest BCUT2D eigenvalue weighted by atomic mass is 15.1.